The van der Waals surface area contributed by atoms with Gasteiger partial charge in [0.2, 0.25) is 0 Å². The van der Waals surface area contributed by atoms with Crippen molar-refractivity contribution in [1.82, 2.24) is 25.5 Å². The fraction of sp³-hybridized carbons (Fsp3) is 0.909. The zero-order valence-corrected chi connectivity index (χ0v) is 10.3. The van der Waals surface area contributed by atoms with Crippen molar-refractivity contribution in [3.63, 3.8) is 0 Å². The van der Waals surface area contributed by atoms with E-state index >= 15 is 0 Å². The molecule has 5 heteroatoms. The number of nitrogens with zero attached hydrogens (tertiary/aromatic N) is 4. The van der Waals surface area contributed by atoms with Crippen molar-refractivity contribution in [2.75, 3.05) is 6.54 Å². The molecule has 0 spiro atoms. The maximum Gasteiger partial charge on any atom is 0.175 e. The van der Waals surface area contributed by atoms with E-state index < -0.39 is 0 Å². The zero-order chi connectivity index (χ0) is 11.5. The molecule has 1 aliphatic rings. The Morgan fingerprint density at radius 3 is 2.62 bits per heavy atom. The standard InChI is InChI=1S/C11H21N5/c1-8(2)12-7-10-5-4-9(10)6-11-13-15-16(3)14-11/h8-10,12H,4-7H2,1-3H3. The fourth-order valence-electron chi connectivity index (χ4n) is 2.20. The second kappa shape index (κ2) is 4.91. The number of tetrazole rings is 1. The molecule has 0 aromatic carbocycles. The van der Waals surface area contributed by atoms with Crippen molar-refractivity contribution < 1.29 is 0 Å². The van der Waals surface area contributed by atoms with Crippen molar-refractivity contribution in [2.45, 2.75) is 39.2 Å². The molecule has 16 heavy (non-hydrogen) atoms. The van der Waals surface area contributed by atoms with E-state index in [1.54, 1.807) is 0 Å². The van der Waals surface area contributed by atoms with Crippen LogP contribution in [0, 0.1) is 11.8 Å². The van der Waals surface area contributed by atoms with Gasteiger partial charge in [0.05, 0.1) is 7.05 Å². The molecule has 0 aliphatic heterocycles. The van der Waals surface area contributed by atoms with Crippen LogP contribution in [0.15, 0.2) is 0 Å². The topological polar surface area (TPSA) is 55.6 Å². The van der Waals surface area contributed by atoms with Gasteiger partial charge in [-0.25, -0.2) is 0 Å². The Balaban J connectivity index is 1.78. The second-order valence-electron chi connectivity index (χ2n) is 5.06. The first-order valence-electron chi connectivity index (χ1n) is 6.11. The summed E-state index contributed by atoms with van der Waals surface area (Å²) in [6.07, 6.45) is 3.63. The quantitative estimate of drug-likeness (QED) is 0.801. The lowest BCUT2D eigenvalue weighted by Crippen LogP contribution is -2.38. The first kappa shape index (κ1) is 11.5. The van der Waals surface area contributed by atoms with Gasteiger partial charge < -0.3 is 5.32 Å². The first-order valence-corrected chi connectivity index (χ1v) is 6.11. The molecule has 2 rings (SSSR count). The van der Waals surface area contributed by atoms with Crippen molar-refractivity contribution >= 4 is 0 Å². The van der Waals surface area contributed by atoms with Crippen molar-refractivity contribution in [3.8, 4) is 0 Å². The number of aryl methyl sites for hydroxylation is 1. The summed E-state index contributed by atoms with van der Waals surface area (Å²) in [5.41, 5.74) is 0. The van der Waals surface area contributed by atoms with Gasteiger partial charge in [-0.1, -0.05) is 13.8 Å². The molecule has 0 amide bonds. The van der Waals surface area contributed by atoms with Gasteiger partial charge >= 0.3 is 0 Å². The molecule has 1 N–H and O–H groups in total. The highest BCUT2D eigenvalue weighted by atomic mass is 15.6. The van der Waals surface area contributed by atoms with Crippen molar-refractivity contribution in [2.24, 2.45) is 18.9 Å². The van der Waals surface area contributed by atoms with Gasteiger partial charge in [0.1, 0.15) is 0 Å². The Bertz CT molecular complexity index is 333. The van der Waals surface area contributed by atoms with Crippen LogP contribution in [0.3, 0.4) is 0 Å². The predicted octanol–water partition coefficient (Wildman–Crippen LogP) is 0.777. The smallest absolute Gasteiger partial charge is 0.175 e. The summed E-state index contributed by atoms with van der Waals surface area (Å²) in [6, 6.07) is 0.580. The van der Waals surface area contributed by atoms with E-state index in [1.807, 2.05) is 7.05 Å². The Labute approximate surface area is 96.6 Å². The lowest BCUT2D eigenvalue weighted by molar-refractivity contribution is 0.165. The third-order valence-corrected chi connectivity index (χ3v) is 3.36. The van der Waals surface area contributed by atoms with Crippen LogP contribution in [0.2, 0.25) is 0 Å². The fourth-order valence-corrected chi connectivity index (χ4v) is 2.20. The average molecular weight is 223 g/mol. The van der Waals surface area contributed by atoms with Gasteiger partial charge in [-0.2, -0.15) is 4.80 Å². The molecule has 1 aliphatic carbocycles. The molecule has 1 saturated carbocycles. The Morgan fingerprint density at radius 2 is 2.12 bits per heavy atom. The minimum Gasteiger partial charge on any atom is -0.314 e. The van der Waals surface area contributed by atoms with Crippen LogP contribution in [0.25, 0.3) is 0 Å². The Kier molecular flexibility index (Phi) is 3.53. The van der Waals surface area contributed by atoms with Crippen LogP contribution in [-0.2, 0) is 13.5 Å². The molecule has 0 bridgehead atoms. The summed E-state index contributed by atoms with van der Waals surface area (Å²) in [6.45, 7) is 5.51. The molecule has 5 nitrogen and oxygen atoms in total. The van der Waals surface area contributed by atoms with Crippen LogP contribution >= 0.6 is 0 Å². The van der Waals surface area contributed by atoms with Crippen LogP contribution in [-0.4, -0.2) is 32.8 Å². The van der Waals surface area contributed by atoms with Crippen molar-refractivity contribution in [3.05, 3.63) is 5.82 Å². The van der Waals surface area contributed by atoms with Crippen molar-refractivity contribution in [1.29, 1.82) is 0 Å². The summed E-state index contributed by atoms with van der Waals surface area (Å²) in [7, 11) is 1.81. The van der Waals surface area contributed by atoms with Gasteiger partial charge in [-0.05, 0) is 36.4 Å². The van der Waals surface area contributed by atoms with E-state index in [1.165, 1.54) is 17.6 Å². The van der Waals surface area contributed by atoms with E-state index in [0.29, 0.717) is 6.04 Å². The number of hydrogen-bond donors (Lipinski definition) is 1. The number of aromatic nitrogens is 4. The summed E-state index contributed by atoms with van der Waals surface area (Å²) >= 11 is 0. The summed E-state index contributed by atoms with van der Waals surface area (Å²) in [5, 5.41) is 15.7. The van der Waals surface area contributed by atoms with E-state index in [0.717, 1.165) is 30.6 Å². The highest BCUT2D eigenvalue weighted by Gasteiger charge is 2.31. The summed E-state index contributed by atoms with van der Waals surface area (Å²) < 4.78 is 0. The molecular weight excluding hydrogens is 202 g/mol. The monoisotopic (exact) mass is 223 g/mol. The lowest BCUT2D eigenvalue weighted by Gasteiger charge is -2.36. The molecule has 1 aromatic heterocycles. The van der Waals surface area contributed by atoms with Gasteiger partial charge in [-0.3, -0.25) is 0 Å². The molecule has 90 valence electrons. The minimum absolute atomic E-state index is 0.580. The van der Waals surface area contributed by atoms with E-state index in [4.69, 9.17) is 0 Å². The number of rotatable bonds is 5. The molecule has 2 atom stereocenters. The summed E-state index contributed by atoms with van der Waals surface area (Å²) in [5.74, 6) is 2.43. The minimum atomic E-state index is 0.580. The molecule has 1 heterocycles. The lowest BCUT2D eigenvalue weighted by atomic mass is 9.71. The predicted molar refractivity (Wildman–Crippen MR) is 61.9 cm³/mol. The average Bonchev–Trinajstić information content (AvgIpc) is 2.59. The molecular formula is C11H21N5. The second-order valence-corrected chi connectivity index (χ2v) is 5.06. The normalized spacial score (nSPS) is 24.8. The largest absolute Gasteiger partial charge is 0.314 e. The maximum atomic E-state index is 4.24. The highest BCUT2D eigenvalue weighted by Crippen LogP contribution is 2.35. The molecule has 0 saturated heterocycles. The zero-order valence-electron chi connectivity index (χ0n) is 10.3. The molecule has 1 fully saturated rings. The SMILES string of the molecule is CC(C)NCC1CCC1Cc1nnn(C)n1. The van der Waals surface area contributed by atoms with Gasteiger partial charge in [0.25, 0.3) is 0 Å². The van der Waals surface area contributed by atoms with Gasteiger partial charge in [0.15, 0.2) is 5.82 Å². The van der Waals surface area contributed by atoms with Crippen LogP contribution in [0.5, 0.6) is 0 Å². The van der Waals surface area contributed by atoms with Crippen LogP contribution < -0.4 is 5.32 Å². The Hall–Kier alpha value is -0.970. The summed E-state index contributed by atoms with van der Waals surface area (Å²) in [4.78, 5) is 1.54. The maximum absolute atomic E-state index is 4.24. The van der Waals surface area contributed by atoms with E-state index in [-0.39, 0.29) is 0 Å². The van der Waals surface area contributed by atoms with Gasteiger partial charge in [-0.15, -0.1) is 10.2 Å². The van der Waals surface area contributed by atoms with Crippen LogP contribution in [0.4, 0.5) is 0 Å². The number of hydrogen-bond acceptors (Lipinski definition) is 4. The van der Waals surface area contributed by atoms with Gasteiger partial charge in [0, 0.05) is 12.5 Å². The van der Waals surface area contributed by atoms with Crippen LogP contribution in [0.1, 0.15) is 32.5 Å². The first-order chi connectivity index (χ1) is 7.65. The molecule has 1 aromatic rings. The molecule has 0 radical (unpaired) electrons. The molecule has 2 unspecified atom stereocenters. The Morgan fingerprint density at radius 1 is 1.38 bits per heavy atom. The van der Waals surface area contributed by atoms with E-state index in [9.17, 15) is 0 Å². The van der Waals surface area contributed by atoms with E-state index in [2.05, 4.69) is 34.6 Å². The highest BCUT2D eigenvalue weighted by molar-refractivity contribution is 4.90. The third-order valence-electron chi connectivity index (χ3n) is 3.36. The third kappa shape index (κ3) is 2.78. The number of nitrogens with one attached hydrogen (secondary N) is 1.